The van der Waals surface area contributed by atoms with Gasteiger partial charge in [0.1, 0.15) is 0 Å². The quantitative estimate of drug-likeness (QED) is 0.502. The Morgan fingerprint density at radius 1 is 1.50 bits per heavy atom. The topological polar surface area (TPSA) is 0 Å². The fourth-order valence-electron chi connectivity index (χ4n) is 0.267. The highest BCUT2D eigenvalue weighted by molar-refractivity contribution is 6.29. The molecule has 0 aliphatic heterocycles. The van der Waals surface area contributed by atoms with Gasteiger partial charge in [-0.15, -0.1) is 0 Å². The summed E-state index contributed by atoms with van der Waals surface area (Å²) < 4.78 is 0. The van der Waals surface area contributed by atoms with E-state index in [-0.39, 0.29) is 0 Å². The van der Waals surface area contributed by atoms with E-state index in [1.54, 1.807) is 6.08 Å². The number of hydrogen-bond acceptors (Lipinski definition) is 0. The van der Waals surface area contributed by atoms with Crippen LogP contribution in [-0.2, 0) is 0 Å². The molecule has 0 amide bonds. The first kappa shape index (κ1) is 7.51. The van der Waals surface area contributed by atoms with Crippen molar-refractivity contribution in [3.8, 4) is 0 Å². The van der Waals surface area contributed by atoms with Crippen LogP contribution in [0.3, 0.4) is 0 Å². The molecular weight excluding hydrogens is 120 g/mol. The van der Waals surface area contributed by atoms with Crippen LogP contribution in [0.25, 0.3) is 0 Å². The number of hydrogen-bond donors (Lipinski definition) is 0. The number of allylic oxidation sites excluding steroid dienone is 5. The van der Waals surface area contributed by atoms with E-state index in [1.165, 1.54) is 0 Å². The average Bonchev–Trinajstić information content (AvgIpc) is 1.66. The largest absolute Gasteiger partial charge is 0.0991 e. The minimum Gasteiger partial charge on any atom is -0.0991 e. The molecule has 0 bridgehead atoms. The predicted octanol–water partition coefficient (Wildman–Crippen LogP) is 2.87. The lowest BCUT2D eigenvalue weighted by Crippen LogP contribution is -1.52. The molecule has 0 fully saturated rings. The van der Waals surface area contributed by atoms with E-state index in [0.717, 1.165) is 5.03 Å². The summed E-state index contributed by atoms with van der Waals surface area (Å²) >= 11 is 5.49. The maximum Gasteiger partial charge on any atom is 0.0150 e. The summed E-state index contributed by atoms with van der Waals surface area (Å²) in [5, 5.41) is 0.781. The molecule has 0 radical (unpaired) electrons. The maximum atomic E-state index is 5.49. The molecule has 0 unspecified atom stereocenters. The van der Waals surface area contributed by atoms with Crippen molar-refractivity contribution in [1.82, 2.24) is 0 Å². The Morgan fingerprint density at radius 2 is 2.12 bits per heavy atom. The van der Waals surface area contributed by atoms with Gasteiger partial charge >= 0.3 is 0 Å². The van der Waals surface area contributed by atoms with Crippen molar-refractivity contribution >= 4 is 11.6 Å². The van der Waals surface area contributed by atoms with E-state index >= 15 is 0 Å². The fourth-order valence-corrected chi connectivity index (χ4v) is 0.339. The first-order chi connectivity index (χ1) is 3.77. The smallest absolute Gasteiger partial charge is 0.0150 e. The van der Waals surface area contributed by atoms with Gasteiger partial charge in [-0.2, -0.15) is 0 Å². The third-order valence-electron chi connectivity index (χ3n) is 0.573. The van der Waals surface area contributed by atoms with Gasteiger partial charge in [-0.25, -0.2) is 0 Å². The molecule has 0 aliphatic rings. The number of rotatable bonds is 2. The fraction of sp³-hybridized carbons (Fsp3) is 0.143. The normalized spacial score (nSPS) is 12.5. The molecule has 0 aromatic rings. The summed E-state index contributed by atoms with van der Waals surface area (Å²) in [5.74, 6) is 0. The van der Waals surface area contributed by atoms with Crippen LogP contribution in [0.1, 0.15) is 6.92 Å². The standard InChI is InChI=1S/C7H9Cl/c1-3-4-5-6-7(2)8/h3-6H,1H2,2H3/b5-4-,7-6+. The third-order valence-corrected chi connectivity index (χ3v) is 0.699. The minimum absolute atomic E-state index is 0.781. The van der Waals surface area contributed by atoms with Crippen molar-refractivity contribution in [1.29, 1.82) is 0 Å². The van der Waals surface area contributed by atoms with E-state index in [2.05, 4.69) is 6.58 Å². The van der Waals surface area contributed by atoms with Crippen molar-refractivity contribution in [3.63, 3.8) is 0 Å². The molecule has 8 heavy (non-hydrogen) atoms. The Labute approximate surface area is 55.2 Å². The van der Waals surface area contributed by atoms with E-state index in [0.29, 0.717) is 0 Å². The minimum atomic E-state index is 0.781. The average molecular weight is 129 g/mol. The van der Waals surface area contributed by atoms with Gasteiger partial charge in [-0.3, -0.25) is 0 Å². The molecule has 0 nitrogen and oxygen atoms in total. The Balaban J connectivity index is 3.57. The summed E-state index contributed by atoms with van der Waals surface area (Å²) in [6.07, 6.45) is 7.18. The molecule has 44 valence electrons. The highest BCUT2D eigenvalue weighted by atomic mass is 35.5. The van der Waals surface area contributed by atoms with Crippen LogP contribution in [0.15, 0.2) is 35.9 Å². The van der Waals surface area contributed by atoms with Gasteiger partial charge in [0.05, 0.1) is 0 Å². The monoisotopic (exact) mass is 128 g/mol. The Hall–Kier alpha value is -0.490. The summed E-state index contributed by atoms with van der Waals surface area (Å²) in [4.78, 5) is 0. The second-order valence-corrected chi connectivity index (χ2v) is 1.97. The van der Waals surface area contributed by atoms with Crippen molar-refractivity contribution in [2.75, 3.05) is 0 Å². The molecule has 1 heteroatoms. The first-order valence-corrected chi connectivity index (χ1v) is 2.76. The molecule has 0 saturated carbocycles. The summed E-state index contributed by atoms with van der Waals surface area (Å²) in [6, 6.07) is 0. The maximum absolute atomic E-state index is 5.49. The highest BCUT2D eigenvalue weighted by Gasteiger charge is 1.69. The highest BCUT2D eigenvalue weighted by Crippen LogP contribution is 1.96. The van der Waals surface area contributed by atoms with Crippen LogP contribution in [0.5, 0.6) is 0 Å². The van der Waals surface area contributed by atoms with Crippen molar-refractivity contribution < 1.29 is 0 Å². The Bertz CT molecular complexity index is 116. The van der Waals surface area contributed by atoms with Gasteiger partial charge in [0, 0.05) is 5.03 Å². The number of halogens is 1. The third kappa shape index (κ3) is 5.51. The molecule has 0 atom stereocenters. The summed E-state index contributed by atoms with van der Waals surface area (Å²) in [5.41, 5.74) is 0. The zero-order chi connectivity index (χ0) is 6.41. The second-order valence-electron chi connectivity index (χ2n) is 1.37. The summed E-state index contributed by atoms with van der Waals surface area (Å²) in [7, 11) is 0. The zero-order valence-corrected chi connectivity index (χ0v) is 5.65. The molecule has 0 spiro atoms. The molecule has 0 rings (SSSR count). The Morgan fingerprint density at radius 3 is 2.50 bits per heavy atom. The van der Waals surface area contributed by atoms with Gasteiger partial charge in [0.15, 0.2) is 0 Å². The van der Waals surface area contributed by atoms with Gasteiger partial charge in [-0.05, 0) is 13.0 Å². The van der Waals surface area contributed by atoms with E-state index in [4.69, 9.17) is 11.6 Å². The van der Waals surface area contributed by atoms with Crippen LogP contribution < -0.4 is 0 Å². The van der Waals surface area contributed by atoms with Crippen LogP contribution in [0.2, 0.25) is 0 Å². The van der Waals surface area contributed by atoms with Crippen molar-refractivity contribution in [3.05, 3.63) is 35.9 Å². The SMILES string of the molecule is C=C/C=C\C=C(/C)Cl. The summed E-state index contributed by atoms with van der Waals surface area (Å²) in [6.45, 7) is 5.33. The molecular formula is C7H9Cl. The lowest BCUT2D eigenvalue weighted by atomic mass is 10.4. The molecule has 0 aromatic heterocycles. The van der Waals surface area contributed by atoms with Crippen molar-refractivity contribution in [2.45, 2.75) is 6.92 Å². The van der Waals surface area contributed by atoms with Crippen molar-refractivity contribution in [2.24, 2.45) is 0 Å². The lowest BCUT2D eigenvalue weighted by Gasteiger charge is -1.75. The molecule has 0 N–H and O–H groups in total. The van der Waals surface area contributed by atoms with Crippen LogP contribution in [0.4, 0.5) is 0 Å². The van der Waals surface area contributed by atoms with Gasteiger partial charge in [0.25, 0.3) is 0 Å². The predicted molar refractivity (Wildman–Crippen MR) is 38.9 cm³/mol. The van der Waals surface area contributed by atoms with Crippen LogP contribution >= 0.6 is 11.6 Å². The molecule has 0 saturated heterocycles. The van der Waals surface area contributed by atoms with Gasteiger partial charge in [0.2, 0.25) is 0 Å². The van der Waals surface area contributed by atoms with E-state index < -0.39 is 0 Å². The van der Waals surface area contributed by atoms with Crippen LogP contribution in [0, 0.1) is 0 Å². The molecule has 0 aliphatic carbocycles. The van der Waals surface area contributed by atoms with E-state index in [1.807, 2.05) is 25.2 Å². The van der Waals surface area contributed by atoms with E-state index in [9.17, 15) is 0 Å². The molecule has 0 aromatic carbocycles. The van der Waals surface area contributed by atoms with Crippen LogP contribution in [-0.4, -0.2) is 0 Å². The second kappa shape index (κ2) is 4.66. The Kier molecular flexibility index (Phi) is 4.38. The lowest BCUT2D eigenvalue weighted by molar-refractivity contribution is 1.66. The van der Waals surface area contributed by atoms with Gasteiger partial charge < -0.3 is 0 Å². The molecule has 0 heterocycles. The zero-order valence-electron chi connectivity index (χ0n) is 4.89. The van der Waals surface area contributed by atoms with Gasteiger partial charge in [-0.1, -0.05) is 36.4 Å². The first-order valence-electron chi connectivity index (χ1n) is 2.39.